The molecular formula is C29H47N3O6. The number of carbonyl (C=O) groups excluding carboxylic acids is 4. The first-order valence-corrected chi connectivity index (χ1v) is 13.3. The largest absolute Gasteiger partial charge is 0.466 e. The van der Waals surface area contributed by atoms with Crippen molar-refractivity contribution in [3.05, 3.63) is 35.4 Å². The quantitative estimate of drug-likeness (QED) is 0.400. The standard InChI is InChI=1S/C29H47N3O6/c1-11-37-23(33)15-16-30-25(34)24(21-14-12-13-20(4)18-21)32(28(5,6)7)26(35)22(17-19(2)3)31-27(36)38-29(8,9)10/h12-14,18-19,22,24H,11,15-17H2,1-10H3,(H,30,34)(H,31,36). The predicted molar refractivity (Wildman–Crippen MR) is 147 cm³/mol. The summed E-state index contributed by atoms with van der Waals surface area (Å²) in [7, 11) is 0. The summed E-state index contributed by atoms with van der Waals surface area (Å²) in [5, 5.41) is 5.54. The van der Waals surface area contributed by atoms with E-state index in [0.717, 1.165) is 5.56 Å². The molecule has 0 aliphatic rings. The first kappa shape index (κ1) is 32.9. The first-order valence-electron chi connectivity index (χ1n) is 13.3. The highest BCUT2D eigenvalue weighted by Crippen LogP contribution is 2.31. The average molecular weight is 534 g/mol. The van der Waals surface area contributed by atoms with Crippen LogP contribution in [0.5, 0.6) is 0 Å². The van der Waals surface area contributed by atoms with E-state index in [4.69, 9.17) is 9.47 Å². The van der Waals surface area contributed by atoms with E-state index in [0.29, 0.717) is 12.0 Å². The molecule has 0 bridgehead atoms. The number of amides is 3. The molecule has 0 heterocycles. The Morgan fingerprint density at radius 1 is 1.03 bits per heavy atom. The third-order valence-corrected chi connectivity index (χ3v) is 5.45. The van der Waals surface area contributed by atoms with Gasteiger partial charge in [-0.05, 0) is 73.3 Å². The zero-order valence-corrected chi connectivity index (χ0v) is 24.8. The molecule has 1 rings (SSSR count). The van der Waals surface area contributed by atoms with Crippen LogP contribution in [0.15, 0.2) is 24.3 Å². The number of rotatable bonds is 11. The van der Waals surface area contributed by atoms with Gasteiger partial charge in [0.2, 0.25) is 11.8 Å². The minimum Gasteiger partial charge on any atom is -0.466 e. The smallest absolute Gasteiger partial charge is 0.408 e. The minimum absolute atomic E-state index is 0.0136. The van der Waals surface area contributed by atoms with Crippen LogP contribution in [0.2, 0.25) is 0 Å². The molecule has 1 aromatic carbocycles. The first-order chi connectivity index (χ1) is 17.5. The third-order valence-electron chi connectivity index (χ3n) is 5.45. The van der Waals surface area contributed by atoms with Crippen molar-refractivity contribution in [2.75, 3.05) is 13.2 Å². The van der Waals surface area contributed by atoms with Gasteiger partial charge in [-0.25, -0.2) is 4.79 Å². The summed E-state index contributed by atoms with van der Waals surface area (Å²) >= 11 is 0. The Labute approximate surface area is 228 Å². The van der Waals surface area contributed by atoms with E-state index in [9.17, 15) is 19.2 Å². The minimum atomic E-state index is -1.00. The summed E-state index contributed by atoms with van der Waals surface area (Å²) in [5.41, 5.74) is 0.0259. The van der Waals surface area contributed by atoms with E-state index in [1.165, 1.54) is 4.90 Å². The molecule has 0 aromatic heterocycles. The van der Waals surface area contributed by atoms with Crippen molar-refractivity contribution in [3.63, 3.8) is 0 Å². The topological polar surface area (TPSA) is 114 Å². The molecule has 9 nitrogen and oxygen atoms in total. The fourth-order valence-electron chi connectivity index (χ4n) is 4.03. The van der Waals surface area contributed by atoms with Gasteiger partial charge in [0.05, 0.1) is 13.0 Å². The van der Waals surface area contributed by atoms with E-state index < -0.39 is 47.1 Å². The number of aryl methyl sites for hydroxylation is 1. The van der Waals surface area contributed by atoms with Gasteiger partial charge >= 0.3 is 12.1 Å². The summed E-state index contributed by atoms with van der Waals surface area (Å²) < 4.78 is 10.4. The van der Waals surface area contributed by atoms with Crippen molar-refractivity contribution in [2.24, 2.45) is 5.92 Å². The summed E-state index contributed by atoms with van der Waals surface area (Å²) in [5.74, 6) is -1.16. The molecule has 0 aliphatic heterocycles. The van der Waals surface area contributed by atoms with Crippen LogP contribution in [0.4, 0.5) is 4.79 Å². The van der Waals surface area contributed by atoms with Gasteiger partial charge in [-0.15, -0.1) is 0 Å². The number of ether oxygens (including phenoxy) is 2. The van der Waals surface area contributed by atoms with E-state index >= 15 is 0 Å². The van der Waals surface area contributed by atoms with Crippen LogP contribution in [-0.2, 0) is 23.9 Å². The second-order valence-electron chi connectivity index (χ2n) is 11.9. The lowest BCUT2D eigenvalue weighted by Gasteiger charge is -2.43. The van der Waals surface area contributed by atoms with Crippen molar-refractivity contribution < 1.29 is 28.7 Å². The predicted octanol–water partition coefficient (Wildman–Crippen LogP) is 4.67. The molecule has 1 aromatic rings. The van der Waals surface area contributed by atoms with Gasteiger partial charge in [-0.3, -0.25) is 14.4 Å². The molecular weight excluding hydrogens is 486 g/mol. The number of nitrogens with one attached hydrogen (secondary N) is 2. The number of carbonyl (C=O) groups is 4. The summed E-state index contributed by atoms with van der Waals surface area (Å²) in [6, 6.07) is 5.49. The molecule has 214 valence electrons. The molecule has 9 heteroatoms. The number of alkyl carbamates (subject to hydrolysis) is 1. The molecule has 2 atom stereocenters. The highest BCUT2D eigenvalue weighted by atomic mass is 16.6. The zero-order chi connectivity index (χ0) is 29.3. The molecule has 0 radical (unpaired) electrons. The molecule has 0 saturated carbocycles. The van der Waals surface area contributed by atoms with E-state index in [1.807, 2.05) is 59.7 Å². The van der Waals surface area contributed by atoms with Crippen molar-refractivity contribution in [1.82, 2.24) is 15.5 Å². The average Bonchev–Trinajstić information content (AvgIpc) is 2.74. The Morgan fingerprint density at radius 3 is 2.16 bits per heavy atom. The molecule has 38 heavy (non-hydrogen) atoms. The zero-order valence-electron chi connectivity index (χ0n) is 24.8. The van der Waals surface area contributed by atoms with E-state index in [1.54, 1.807) is 33.8 Å². The lowest BCUT2D eigenvalue weighted by atomic mass is 9.93. The fourth-order valence-corrected chi connectivity index (χ4v) is 4.03. The normalized spacial score (nSPS) is 13.3. The van der Waals surface area contributed by atoms with Gasteiger partial charge in [0, 0.05) is 12.1 Å². The number of esters is 1. The Bertz CT molecular complexity index is 962. The fraction of sp³-hybridized carbons (Fsp3) is 0.655. The lowest BCUT2D eigenvalue weighted by molar-refractivity contribution is -0.149. The third kappa shape index (κ3) is 11.1. The van der Waals surface area contributed by atoms with Crippen LogP contribution in [0.3, 0.4) is 0 Å². The molecule has 2 N–H and O–H groups in total. The maximum atomic E-state index is 14.2. The maximum absolute atomic E-state index is 14.2. The van der Waals surface area contributed by atoms with E-state index in [-0.39, 0.29) is 25.5 Å². The van der Waals surface area contributed by atoms with Crippen LogP contribution in [0.25, 0.3) is 0 Å². The molecule has 0 aliphatic carbocycles. The second-order valence-corrected chi connectivity index (χ2v) is 11.9. The van der Waals surface area contributed by atoms with Crippen LogP contribution in [-0.4, -0.2) is 59.1 Å². The van der Waals surface area contributed by atoms with Gasteiger partial charge in [-0.2, -0.15) is 0 Å². The number of hydrogen-bond acceptors (Lipinski definition) is 6. The van der Waals surface area contributed by atoms with Gasteiger partial charge in [0.25, 0.3) is 0 Å². The molecule has 0 saturated heterocycles. The number of hydrogen-bond donors (Lipinski definition) is 2. The monoisotopic (exact) mass is 533 g/mol. The van der Waals surface area contributed by atoms with E-state index in [2.05, 4.69) is 10.6 Å². The van der Waals surface area contributed by atoms with Crippen molar-refractivity contribution in [3.8, 4) is 0 Å². The SMILES string of the molecule is CCOC(=O)CCNC(=O)C(c1cccc(C)c1)N(C(=O)C(CC(C)C)NC(=O)OC(C)(C)C)C(C)(C)C. The summed E-state index contributed by atoms with van der Waals surface area (Å²) in [6.45, 7) is 18.7. The highest BCUT2D eigenvalue weighted by molar-refractivity contribution is 5.92. The molecule has 2 unspecified atom stereocenters. The van der Waals surface area contributed by atoms with Crippen molar-refractivity contribution in [1.29, 1.82) is 0 Å². The molecule has 3 amide bonds. The Balaban J connectivity index is 3.47. The number of benzene rings is 1. The highest BCUT2D eigenvalue weighted by Gasteiger charge is 2.42. The number of nitrogens with zero attached hydrogens (tertiary/aromatic N) is 1. The lowest BCUT2D eigenvalue weighted by Crippen LogP contribution is -2.59. The second kappa shape index (κ2) is 14.2. The maximum Gasteiger partial charge on any atom is 0.408 e. The molecule has 0 spiro atoms. The Kier molecular flexibility index (Phi) is 12.3. The van der Waals surface area contributed by atoms with Crippen molar-refractivity contribution >= 4 is 23.9 Å². The summed E-state index contributed by atoms with van der Waals surface area (Å²) in [6.07, 6.45) is -0.327. The Morgan fingerprint density at radius 2 is 1.66 bits per heavy atom. The van der Waals surface area contributed by atoms with Crippen LogP contribution < -0.4 is 10.6 Å². The Hall–Kier alpha value is -3.10. The summed E-state index contributed by atoms with van der Waals surface area (Å²) in [4.78, 5) is 53.9. The van der Waals surface area contributed by atoms with Crippen molar-refractivity contribution in [2.45, 2.75) is 105 Å². The molecule has 0 fully saturated rings. The van der Waals surface area contributed by atoms with Crippen LogP contribution in [0.1, 0.15) is 92.3 Å². The van der Waals surface area contributed by atoms with Crippen LogP contribution >= 0.6 is 0 Å². The van der Waals surface area contributed by atoms with Gasteiger partial charge < -0.3 is 25.0 Å². The van der Waals surface area contributed by atoms with Gasteiger partial charge in [0.15, 0.2) is 0 Å². The van der Waals surface area contributed by atoms with Crippen LogP contribution in [0, 0.1) is 12.8 Å². The van der Waals surface area contributed by atoms with Gasteiger partial charge in [0.1, 0.15) is 17.7 Å². The van der Waals surface area contributed by atoms with Gasteiger partial charge in [-0.1, -0.05) is 43.7 Å².